The first-order valence-corrected chi connectivity index (χ1v) is 9.70. The van der Waals surface area contributed by atoms with Crippen molar-refractivity contribution in [2.75, 3.05) is 0 Å². The smallest absolute Gasteiger partial charge is 0.148 e. The third-order valence-corrected chi connectivity index (χ3v) is 5.10. The van der Waals surface area contributed by atoms with E-state index >= 15 is 0 Å². The molecule has 0 N–H and O–H groups in total. The topological polar surface area (TPSA) is 25.8 Å². The highest BCUT2D eigenvalue weighted by molar-refractivity contribution is 7.05. The highest BCUT2D eigenvalue weighted by Gasteiger charge is 2.29. The van der Waals surface area contributed by atoms with Crippen LogP contribution in [0, 0.1) is 6.92 Å². The molecule has 0 radical (unpaired) electrons. The lowest BCUT2D eigenvalue weighted by Gasteiger charge is -2.27. The van der Waals surface area contributed by atoms with E-state index in [0.29, 0.717) is 0 Å². The van der Waals surface area contributed by atoms with Crippen molar-refractivity contribution in [1.82, 2.24) is 9.36 Å². The molecular weight excluding hydrogens is 276 g/mol. The lowest BCUT2D eigenvalue weighted by atomic mass is 9.79. The molecule has 0 aliphatic rings. The van der Waals surface area contributed by atoms with Gasteiger partial charge in [0.2, 0.25) is 0 Å². The van der Waals surface area contributed by atoms with Crippen molar-refractivity contribution in [3.8, 4) is 0 Å². The molecule has 0 bridgehead atoms. The first kappa shape index (κ1) is 18.6. The molecule has 1 rings (SSSR count). The lowest BCUT2D eigenvalue weighted by molar-refractivity contribution is 0.348. The molecule has 3 heteroatoms. The van der Waals surface area contributed by atoms with Crippen LogP contribution in [0.25, 0.3) is 0 Å². The van der Waals surface area contributed by atoms with E-state index in [0.717, 1.165) is 10.8 Å². The molecule has 0 aliphatic heterocycles. The van der Waals surface area contributed by atoms with E-state index in [2.05, 4.69) is 32.1 Å². The van der Waals surface area contributed by atoms with Crippen molar-refractivity contribution in [3.63, 3.8) is 0 Å². The van der Waals surface area contributed by atoms with Crippen LogP contribution in [0.15, 0.2) is 0 Å². The van der Waals surface area contributed by atoms with E-state index in [1.807, 2.05) is 0 Å². The molecule has 1 aromatic heterocycles. The second-order valence-corrected chi connectivity index (χ2v) is 7.63. The summed E-state index contributed by atoms with van der Waals surface area (Å²) in [6.45, 7) is 9.01. The Morgan fingerprint density at radius 1 is 0.857 bits per heavy atom. The van der Waals surface area contributed by atoms with Gasteiger partial charge in [0.1, 0.15) is 10.8 Å². The lowest BCUT2D eigenvalue weighted by Crippen LogP contribution is -2.24. The summed E-state index contributed by atoms with van der Waals surface area (Å²) < 4.78 is 4.63. The van der Waals surface area contributed by atoms with Gasteiger partial charge in [0.25, 0.3) is 0 Å². The van der Waals surface area contributed by atoms with Crippen molar-refractivity contribution in [2.24, 2.45) is 0 Å². The van der Waals surface area contributed by atoms with Gasteiger partial charge in [0, 0.05) is 5.41 Å². The Bertz CT molecular complexity index is 375. The van der Waals surface area contributed by atoms with Crippen LogP contribution in [-0.2, 0) is 5.41 Å². The number of aryl methyl sites for hydroxylation is 1. The maximum absolute atomic E-state index is 4.70. The van der Waals surface area contributed by atoms with Crippen molar-refractivity contribution in [2.45, 2.75) is 104 Å². The van der Waals surface area contributed by atoms with Crippen LogP contribution in [0.1, 0.15) is 102 Å². The number of nitrogens with zero attached hydrogens (tertiary/aromatic N) is 2. The number of hydrogen-bond acceptors (Lipinski definition) is 3. The van der Waals surface area contributed by atoms with Crippen LogP contribution in [0.3, 0.4) is 0 Å². The maximum Gasteiger partial charge on any atom is 0.148 e. The fourth-order valence-corrected chi connectivity index (χ4v) is 3.56. The fourth-order valence-electron chi connectivity index (χ4n) is 2.95. The Balaban J connectivity index is 2.52. The van der Waals surface area contributed by atoms with Gasteiger partial charge in [-0.1, -0.05) is 78.6 Å². The van der Waals surface area contributed by atoms with Crippen molar-refractivity contribution in [1.29, 1.82) is 0 Å². The van der Waals surface area contributed by atoms with Crippen molar-refractivity contribution < 1.29 is 0 Å². The average molecular weight is 311 g/mol. The second kappa shape index (κ2) is 10.3. The Kier molecular flexibility index (Phi) is 9.14. The summed E-state index contributed by atoms with van der Waals surface area (Å²) in [4.78, 5) is 4.70. The zero-order chi connectivity index (χ0) is 15.6. The Labute approximate surface area is 135 Å². The van der Waals surface area contributed by atoms with Crippen LogP contribution >= 0.6 is 11.5 Å². The van der Waals surface area contributed by atoms with Crippen molar-refractivity contribution in [3.05, 3.63) is 10.8 Å². The third kappa shape index (κ3) is 6.90. The van der Waals surface area contributed by atoms with Gasteiger partial charge < -0.3 is 0 Å². The third-order valence-electron chi connectivity index (χ3n) is 4.48. The molecule has 1 unspecified atom stereocenters. The molecule has 2 nitrogen and oxygen atoms in total. The molecule has 0 fully saturated rings. The molecule has 0 saturated heterocycles. The summed E-state index contributed by atoms with van der Waals surface area (Å²) in [7, 11) is 0. The number of hydrogen-bond donors (Lipinski definition) is 0. The standard InChI is InChI=1S/C18H34N2S/c1-5-7-9-11-13-15-18(4,14-12-10-8-6-2)17-19-16(3)21-20-17/h5-15H2,1-4H3. The van der Waals surface area contributed by atoms with Gasteiger partial charge in [-0.25, -0.2) is 4.98 Å². The minimum Gasteiger partial charge on any atom is -0.224 e. The SMILES string of the molecule is CCCCCCCC(C)(CCCCCC)c1nsc(C)n1. The normalized spacial score (nSPS) is 14.3. The van der Waals surface area contributed by atoms with Gasteiger partial charge in [0.15, 0.2) is 0 Å². The monoisotopic (exact) mass is 310 g/mol. The Hall–Kier alpha value is -0.440. The van der Waals surface area contributed by atoms with Crippen LogP contribution < -0.4 is 0 Å². The molecule has 0 spiro atoms. The predicted octanol–water partition coefficient (Wildman–Crippen LogP) is 6.44. The molecule has 21 heavy (non-hydrogen) atoms. The van der Waals surface area contributed by atoms with E-state index in [-0.39, 0.29) is 5.41 Å². The molecule has 122 valence electrons. The highest BCUT2D eigenvalue weighted by Crippen LogP contribution is 2.34. The number of rotatable bonds is 12. The van der Waals surface area contributed by atoms with Gasteiger partial charge in [-0.2, -0.15) is 4.37 Å². The summed E-state index contributed by atoms with van der Waals surface area (Å²) in [6, 6.07) is 0. The number of aromatic nitrogens is 2. The predicted molar refractivity (Wildman–Crippen MR) is 94.1 cm³/mol. The zero-order valence-corrected chi connectivity index (χ0v) is 15.4. The molecule has 1 aromatic rings. The summed E-state index contributed by atoms with van der Waals surface area (Å²) in [6.07, 6.45) is 14.6. The first-order valence-electron chi connectivity index (χ1n) is 8.93. The molecular formula is C18H34N2S. The molecule has 0 aromatic carbocycles. The molecule has 0 amide bonds. The molecule has 1 heterocycles. The van der Waals surface area contributed by atoms with Crippen molar-refractivity contribution >= 4 is 11.5 Å². The summed E-state index contributed by atoms with van der Waals surface area (Å²) in [5.74, 6) is 1.11. The van der Waals surface area contributed by atoms with Crippen LogP contribution in [0.4, 0.5) is 0 Å². The van der Waals surface area contributed by atoms with Crippen LogP contribution in [0.5, 0.6) is 0 Å². The zero-order valence-electron chi connectivity index (χ0n) is 14.6. The van der Waals surface area contributed by atoms with Crippen LogP contribution in [-0.4, -0.2) is 9.36 Å². The fraction of sp³-hybridized carbons (Fsp3) is 0.889. The summed E-state index contributed by atoms with van der Waals surface area (Å²) in [5.41, 5.74) is 0.199. The van der Waals surface area contributed by atoms with Gasteiger partial charge in [-0.05, 0) is 31.3 Å². The highest BCUT2D eigenvalue weighted by atomic mass is 32.1. The molecule has 0 aliphatic carbocycles. The second-order valence-electron chi connectivity index (χ2n) is 6.67. The van der Waals surface area contributed by atoms with Gasteiger partial charge in [-0.15, -0.1) is 0 Å². The summed E-state index contributed by atoms with van der Waals surface area (Å²) in [5, 5.41) is 1.11. The minimum atomic E-state index is 0.199. The Morgan fingerprint density at radius 2 is 1.38 bits per heavy atom. The van der Waals surface area contributed by atoms with Crippen LogP contribution in [0.2, 0.25) is 0 Å². The van der Waals surface area contributed by atoms with E-state index in [9.17, 15) is 0 Å². The molecule has 0 saturated carbocycles. The van der Waals surface area contributed by atoms with Gasteiger partial charge >= 0.3 is 0 Å². The van der Waals surface area contributed by atoms with Gasteiger partial charge in [-0.3, -0.25) is 0 Å². The largest absolute Gasteiger partial charge is 0.224 e. The maximum atomic E-state index is 4.70. The van der Waals surface area contributed by atoms with E-state index in [1.54, 1.807) is 11.5 Å². The molecule has 1 atom stereocenters. The van der Waals surface area contributed by atoms with Gasteiger partial charge in [0.05, 0.1) is 0 Å². The Morgan fingerprint density at radius 3 is 1.86 bits per heavy atom. The van der Waals surface area contributed by atoms with E-state index in [4.69, 9.17) is 4.98 Å². The minimum absolute atomic E-state index is 0.199. The van der Waals surface area contributed by atoms with E-state index in [1.165, 1.54) is 70.6 Å². The average Bonchev–Trinajstić information content (AvgIpc) is 2.91. The first-order chi connectivity index (χ1) is 10.1. The van der Waals surface area contributed by atoms with E-state index < -0.39 is 0 Å². The number of unbranched alkanes of at least 4 members (excludes halogenated alkanes) is 7. The summed E-state index contributed by atoms with van der Waals surface area (Å²) >= 11 is 1.56. The quantitative estimate of drug-likeness (QED) is 0.415.